The highest BCUT2D eigenvalue weighted by molar-refractivity contribution is 5.73. The molecule has 0 aliphatic carbocycles. The number of hydrogen-bond acceptors (Lipinski definition) is 4. The molecule has 1 atom stereocenters. The Morgan fingerprint density at radius 2 is 2.36 bits per heavy atom. The van der Waals surface area contributed by atoms with Crippen LogP contribution in [0.15, 0.2) is 4.99 Å². The molecule has 11 heavy (non-hydrogen) atoms. The first kappa shape index (κ1) is 8.33. The molecule has 1 rings (SSSR count). The quantitative estimate of drug-likeness (QED) is 0.596. The largest absolute Gasteiger partial charge is 0.463 e. The van der Waals surface area contributed by atoms with Crippen LogP contribution in [-0.4, -0.2) is 43.7 Å². The second-order valence-corrected chi connectivity index (χ2v) is 3.47. The van der Waals surface area contributed by atoms with Gasteiger partial charge in [0.1, 0.15) is 12.1 Å². The number of aliphatic imine (C=N–C) groups is 1. The van der Waals surface area contributed by atoms with Crippen molar-refractivity contribution in [2.45, 2.75) is 12.5 Å². The van der Waals surface area contributed by atoms with E-state index in [0.717, 1.165) is 6.54 Å². The summed E-state index contributed by atoms with van der Waals surface area (Å²) in [4.78, 5) is 6.27. The van der Waals surface area contributed by atoms with Crippen molar-refractivity contribution < 1.29 is 4.74 Å². The van der Waals surface area contributed by atoms with Crippen molar-refractivity contribution in [1.82, 2.24) is 4.90 Å². The van der Waals surface area contributed by atoms with E-state index in [4.69, 9.17) is 10.5 Å². The zero-order valence-electron chi connectivity index (χ0n) is 7.29. The molecule has 0 spiro atoms. The van der Waals surface area contributed by atoms with Crippen molar-refractivity contribution in [3.63, 3.8) is 0 Å². The second kappa shape index (κ2) is 2.70. The Kier molecular flexibility index (Phi) is 2.04. The van der Waals surface area contributed by atoms with Gasteiger partial charge in [-0.3, -0.25) is 0 Å². The highest BCUT2D eigenvalue weighted by Crippen LogP contribution is 2.16. The van der Waals surface area contributed by atoms with Crippen LogP contribution in [-0.2, 0) is 4.74 Å². The van der Waals surface area contributed by atoms with E-state index < -0.39 is 0 Å². The SMILES string of the molecule is CN(C)CC1(C)COC(N)=N1. The van der Waals surface area contributed by atoms with E-state index in [1.54, 1.807) is 0 Å². The molecule has 1 aliphatic heterocycles. The zero-order chi connectivity index (χ0) is 8.48. The average molecular weight is 157 g/mol. The van der Waals surface area contributed by atoms with Gasteiger partial charge in [-0.1, -0.05) is 0 Å². The molecule has 0 aromatic carbocycles. The molecular formula is C7H15N3O. The first-order valence-electron chi connectivity index (χ1n) is 3.65. The molecular weight excluding hydrogens is 142 g/mol. The van der Waals surface area contributed by atoms with Gasteiger partial charge in [0.25, 0.3) is 6.02 Å². The molecule has 0 saturated carbocycles. The highest BCUT2D eigenvalue weighted by atomic mass is 16.5. The third-order valence-electron chi connectivity index (χ3n) is 1.57. The van der Waals surface area contributed by atoms with Crippen molar-refractivity contribution >= 4 is 6.02 Å². The minimum Gasteiger partial charge on any atom is -0.463 e. The maximum absolute atomic E-state index is 5.40. The summed E-state index contributed by atoms with van der Waals surface area (Å²) in [6, 6.07) is 0.314. The summed E-state index contributed by atoms with van der Waals surface area (Å²) in [6.45, 7) is 3.50. The van der Waals surface area contributed by atoms with Crippen LogP contribution < -0.4 is 5.73 Å². The van der Waals surface area contributed by atoms with Crippen molar-refractivity contribution in [3.05, 3.63) is 0 Å². The predicted octanol–water partition coefficient (Wildman–Crippen LogP) is -0.348. The Morgan fingerprint density at radius 1 is 1.73 bits per heavy atom. The predicted molar refractivity (Wildman–Crippen MR) is 44.5 cm³/mol. The fourth-order valence-corrected chi connectivity index (χ4v) is 1.32. The van der Waals surface area contributed by atoms with Gasteiger partial charge < -0.3 is 15.4 Å². The molecule has 0 saturated heterocycles. The van der Waals surface area contributed by atoms with E-state index >= 15 is 0 Å². The van der Waals surface area contributed by atoms with Crippen molar-refractivity contribution in [1.29, 1.82) is 0 Å². The number of likely N-dealkylation sites (N-methyl/N-ethyl adjacent to an activating group) is 1. The summed E-state index contributed by atoms with van der Waals surface area (Å²) in [5, 5.41) is 0. The lowest BCUT2D eigenvalue weighted by Crippen LogP contribution is -2.36. The Morgan fingerprint density at radius 3 is 2.73 bits per heavy atom. The number of ether oxygens (including phenoxy) is 1. The molecule has 4 nitrogen and oxygen atoms in total. The number of amidine groups is 1. The fraction of sp³-hybridized carbons (Fsp3) is 0.857. The third kappa shape index (κ3) is 2.08. The molecule has 1 aliphatic rings. The lowest BCUT2D eigenvalue weighted by Gasteiger charge is -2.22. The summed E-state index contributed by atoms with van der Waals surface area (Å²) in [5.41, 5.74) is 5.25. The average Bonchev–Trinajstić information content (AvgIpc) is 2.08. The summed E-state index contributed by atoms with van der Waals surface area (Å²) >= 11 is 0. The van der Waals surface area contributed by atoms with E-state index in [0.29, 0.717) is 12.6 Å². The summed E-state index contributed by atoms with van der Waals surface area (Å²) < 4.78 is 5.07. The summed E-state index contributed by atoms with van der Waals surface area (Å²) in [7, 11) is 4.02. The first-order chi connectivity index (χ1) is 5.02. The molecule has 0 aromatic rings. The third-order valence-corrected chi connectivity index (χ3v) is 1.57. The molecule has 2 N–H and O–H groups in total. The molecule has 0 amide bonds. The lowest BCUT2D eigenvalue weighted by atomic mass is 10.1. The molecule has 1 unspecified atom stereocenters. The van der Waals surface area contributed by atoms with Crippen LogP contribution in [0.5, 0.6) is 0 Å². The fourth-order valence-electron chi connectivity index (χ4n) is 1.32. The molecule has 0 bridgehead atoms. The molecule has 0 aromatic heterocycles. The van der Waals surface area contributed by atoms with Gasteiger partial charge in [0, 0.05) is 6.54 Å². The maximum atomic E-state index is 5.40. The van der Waals surface area contributed by atoms with E-state index in [2.05, 4.69) is 9.89 Å². The van der Waals surface area contributed by atoms with Crippen LogP contribution in [0.2, 0.25) is 0 Å². The lowest BCUT2D eigenvalue weighted by molar-refractivity contribution is 0.221. The van der Waals surface area contributed by atoms with Crippen LogP contribution in [0, 0.1) is 0 Å². The smallest absolute Gasteiger partial charge is 0.282 e. The highest BCUT2D eigenvalue weighted by Gasteiger charge is 2.30. The van der Waals surface area contributed by atoms with Crippen molar-refractivity contribution in [2.24, 2.45) is 10.7 Å². The van der Waals surface area contributed by atoms with Gasteiger partial charge >= 0.3 is 0 Å². The van der Waals surface area contributed by atoms with Crippen LogP contribution >= 0.6 is 0 Å². The van der Waals surface area contributed by atoms with E-state index in [1.807, 2.05) is 21.0 Å². The van der Waals surface area contributed by atoms with E-state index in [-0.39, 0.29) is 5.54 Å². The minimum absolute atomic E-state index is 0.145. The number of nitrogens with two attached hydrogens (primary N) is 1. The van der Waals surface area contributed by atoms with Crippen LogP contribution in [0.25, 0.3) is 0 Å². The Labute approximate surface area is 67.0 Å². The summed E-state index contributed by atoms with van der Waals surface area (Å²) in [6.07, 6.45) is 0. The number of hydrogen-bond donors (Lipinski definition) is 1. The van der Waals surface area contributed by atoms with Gasteiger partial charge in [-0.15, -0.1) is 0 Å². The van der Waals surface area contributed by atoms with Gasteiger partial charge in [0.05, 0.1) is 0 Å². The van der Waals surface area contributed by atoms with Gasteiger partial charge in [0.15, 0.2) is 0 Å². The second-order valence-electron chi connectivity index (χ2n) is 3.47. The van der Waals surface area contributed by atoms with E-state index in [9.17, 15) is 0 Å². The van der Waals surface area contributed by atoms with Crippen molar-refractivity contribution in [2.75, 3.05) is 27.2 Å². The molecule has 64 valence electrons. The monoisotopic (exact) mass is 157 g/mol. The number of rotatable bonds is 2. The molecule has 0 fully saturated rings. The maximum Gasteiger partial charge on any atom is 0.282 e. The van der Waals surface area contributed by atoms with Gasteiger partial charge in [-0.05, 0) is 21.0 Å². The Bertz CT molecular complexity index is 179. The first-order valence-corrected chi connectivity index (χ1v) is 3.65. The number of nitrogens with zero attached hydrogens (tertiary/aromatic N) is 2. The van der Waals surface area contributed by atoms with Crippen molar-refractivity contribution in [3.8, 4) is 0 Å². The summed E-state index contributed by atoms with van der Waals surface area (Å²) in [5.74, 6) is 0. The molecule has 4 heteroatoms. The zero-order valence-corrected chi connectivity index (χ0v) is 7.29. The Hall–Kier alpha value is -0.770. The Balaban J connectivity index is 2.55. The van der Waals surface area contributed by atoms with Gasteiger partial charge in [0.2, 0.25) is 0 Å². The standard InChI is InChI=1S/C7H15N3O/c1-7(4-10(2)3)5-11-6(8)9-7/h4-5H2,1-3H3,(H2,8,9). The normalized spacial score (nSPS) is 30.4. The van der Waals surface area contributed by atoms with Gasteiger partial charge in [-0.25, -0.2) is 4.99 Å². The van der Waals surface area contributed by atoms with Crippen LogP contribution in [0.3, 0.4) is 0 Å². The van der Waals surface area contributed by atoms with Gasteiger partial charge in [-0.2, -0.15) is 0 Å². The molecule has 1 heterocycles. The topological polar surface area (TPSA) is 50.9 Å². The van der Waals surface area contributed by atoms with Crippen LogP contribution in [0.1, 0.15) is 6.92 Å². The van der Waals surface area contributed by atoms with E-state index in [1.165, 1.54) is 0 Å². The minimum atomic E-state index is -0.145. The molecule has 0 radical (unpaired) electrons. The van der Waals surface area contributed by atoms with Crippen LogP contribution in [0.4, 0.5) is 0 Å².